The second kappa shape index (κ2) is 5.96. The molecule has 1 rings (SSSR count). The van der Waals surface area contributed by atoms with E-state index in [1.165, 1.54) is 7.11 Å². The first kappa shape index (κ1) is 14.7. The molecule has 0 radical (unpaired) electrons. The van der Waals surface area contributed by atoms with E-state index in [1.807, 2.05) is 0 Å². The minimum Gasteiger partial charge on any atom is -0.496 e. The molecule has 0 aliphatic rings. The van der Waals surface area contributed by atoms with Gasteiger partial charge in [-0.25, -0.2) is 0 Å². The normalized spacial score (nSPS) is 12.4. The maximum atomic E-state index is 11.5. The second-order valence-electron chi connectivity index (χ2n) is 3.08. The predicted octanol–water partition coefficient (Wildman–Crippen LogP) is 4.27. The van der Waals surface area contributed by atoms with Crippen LogP contribution in [0.5, 0.6) is 0 Å². The Morgan fingerprint density at radius 2 is 1.76 bits per heavy atom. The van der Waals surface area contributed by atoms with Crippen molar-refractivity contribution in [3.8, 4) is 0 Å². The van der Waals surface area contributed by atoms with Crippen LogP contribution in [-0.2, 0) is 9.53 Å². The number of halogens is 4. The Labute approximate surface area is 119 Å². The number of alkyl halides is 3. The van der Waals surface area contributed by atoms with Gasteiger partial charge in [-0.2, -0.15) is 0 Å². The number of carbonyl (C=O) groups is 1. The molecule has 0 bridgehead atoms. The van der Waals surface area contributed by atoms with E-state index in [2.05, 4.69) is 0 Å². The number of methoxy groups -OCH3 is 1. The van der Waals surface area contributed by atoms with Crippen molar-refractivity contribution in [3.05, 3.63) is 40.9 Å². The highest BCUT2D eigenvalue weighted by atomic mass is 35.6. The van der Waals surface area contributed by atoms with Gasteiger partial charge in [0.25, 0.3) is 3.79 Å². The van der Waals surface area contributed by atoms with Crippen LogP contribution < -0.4 is 0 Å². The minimum atomic E-state index is -1.99. The summed E-state index contributed by atoms with van der Waals surface area (Å²) in [5, 5.41) is 0.580. The zero-order valence-electron chi connectivity index (χ0n) is 8.72. The first-order chi connectivity index (χ1) is 7.84. The summed E-state index contributed by atoms with van der Waals surface area (Å²) in [6, 6.07) is 6.74. The van der Waals surface area contributed by atoms with Crippen LogP contribution in [0.3, 0.4) is 0 Å². The Morgan fingerprint density at radius 3 is 2.18 bits per heavy atom. The van der Waals surface area contributed by atoms with Crippen molar-refractivity contribution >= 4 is 57.9 Å². The second-order valence-corrected chi connectivity index (χ2v) is 5.80. The third-order valence-electron chi connectivity index (χ3n) is 1.89. The third kappa shape index (κ3) is 4.40. The summed E-state index contributed by atoms with van der Waals surface area (Å²) in [7, 11) is 1.42. The number of ketones is 1. The predicted molar refractivity (Wildman–Crippen MR) is 71.7 cm³/mol. The molecule has 0 fully saturated rings. The summed E-state index contributed by atoms with van der Waals surface area (Å²) in [6.07, 6.45) is 1.14. The SMILES string of the molecule is CO/C(=C\C(=O)C(Cl)(Cl)Cl)c1ccc(Cl)cc1. The van der Waals surface area contributed by atoms with Crippen molar-refractivity contribution in [2.24, 2.45) is 0 Å². The molecular formula is C11H8Cl4O2. The van der Waals surface area contributed by atoms with Crippen molar-refractivity contribution in [2.75, 3.05) is 7.11 Å². The average Bonchev–Trinajstić information content (AvgIpc) is 2.25. The fraction of sp³-hybridized carbons (Fsp3) is 0.182. The number of rotatable bonds is 3. The molecule has 2 nitrogen and oxygen atoms in total. The lowest BCUT2D eigenvalue weighted by molar-refractivity contribution is -0.113. The highest BCUT2D eigenvalue weighted by Gasteiger charge is 2.29. The molecule has 0 aromatic heterocycles. The van der Waals surface area contributed by atoms with E-state index in [4.69, 9.17) is 51.1 Å². The average molecular weight is 314 g/mol. The van der Waals surface area contributed by atoms with E-state index in [9.17, 15) is 4.79 Å². The van der Waals surface area contributed by atoms with Crippen LogP contribution in [0.1, 0.15) is 5.56 Å². The van der Waals surface area contributed by atoms with Gasteiger partial charge in [-0.3, -0.25) is 4.79 Å². The van der Waals surface area contributed by atoms with Crippen LogP contribution in [0.2, 0.25) is 5.02 Å². The molecule has 0 amide bonds. The van der Waals surface area contributed by atoms with Gasteiger partial charge in [-0.05, 0) is 24.3 Å². The van der Waals surface area contributed by atoms with E-state index in [0.717, 1.165) is 6.08 Å². The van der Waals surface area contributed by atoms with Crippen molar-refractivity contribution in [1.82, 2.24) is 0 Å². The summed E-state index contributed by atoms with van der Waals surface area (Å²) < 4.78 is 3.07. The molecule has 17 heavy (non-hydrogen) atoms. The third-order valence-corrected chi connectivity index (χ3v) is 2.70. The highest BCUT2D eigenvalue weighted by molar-refractivity contribution is 6.77. The lowest BCUT2D eigenvalue weighted by Crippen LogP contribution is -2.16. The van der Waals surface area contributed by atoms with Crippen LogP contribution >= 0.6 is 46.4 Å². The summed E-state index contributed by atoms with van der Waals surface area (Å²) in [4.78, 5) is 11.5. The first-order valence-electron chi connectivity index (χ1n) is 4.47. The zero-order chi connectivity index (χ0) is 13.1. The van der Waals surface area contributed by atoms with Gasteiger partial charge >= 0.3 is 0 Å². The summed E-state index contributed by atoms with van der Waals surface area (Å²) >= 11 is 22.1. The number of hydrogen-bond donors (Lipinski definition) is 0. The number of hydrogen-bond acceptors (Lipinski definition) is 2. The van der Waals surface area contributed by atoms with E-state index in [0.29, 0.717) is 16.3 Å². The molecule has 0 atom stereocenters. The van der Waals surface area contributed by atoms with E-state index < -0.39 is 9.58 Å². The van der Waals surface area contributed by atoms with Gasteiger partial charge in [0.2, 0.25) is 5.78 Å². The van der Waals surface area contributed by atoms with Gasteiger partial charge in [0.05, 0.1) is 7.11 Å². The van der Waals surface area contributed by atoms with Crippen molar-refractivity contribution in [3.63, 3.8) is 0 Å². The molecule has 0 heterocycles. The fourth-order valence-corrected chi connectivity index (χ4v) is 1.36. The summed E-state index contributed by atoms with van der Waals surface area (Å²) in [5.41, 5.74) is 0.666. The Morgan fingerprint density at radius 1 is 1.24 bits per heavy atom. The molecule has 6 heteroatoms. The van der Waals surface area contributed by atoms with E-state index in [1.54, 1.807) is 24.3 Å². The molecule has 1 aromatic carbocycles. The Balaban J connectivity index is 3.04. The van der Waals surface area contributed by atoms with Crippen molar-refractivity contribution < 1.29 is 9.53 Å². The molecule has 0 unspecified atom stereocenters. The van der Waals surface area contributed by atoms with Crippen LogP contribution in [-0.4, -0.2) is 16.7 Å². The molecule has 92 valence electrons. The van der Waals surface area contributed by atoms with E-state index in [-0.39, 0.29) is 0 Å². The van der Waals surface area contributed by atoms with Gasteiger partial charge in [0.15, 0.2) is 0 Å². The maximum absolute atomic E-state index is 11.5. The molecule has 1 aromatic rings. The standard InChI is InChI=1S/C11H8Cl4O2/c1-17-9(6-10(16)11(13,14)15)7-2-4-8(12)5-3-7/h2-6H,1H3/b9-6-. The van der Waals surface area contributed by atoms with Gasteiger partial charge < -0.3 is 4.74 Å². The number of carbonyl (C=O) groups excluding carboxylic acids is 1. The molecule has 0 aliphatic carbocycles. The summed E-state index contributed by atoms with van der Waals surface area (Å²) in [5.74, 6) is -0.368. The number of allylic oxidation sites excluding steroid dienone is 1. The molecule has 0 saturated heterocycles. The molecule has 0 spiro atoms. The van der Waals surface area contributed by atoms with Crippen molar-refractivity contribution in [1.29, 1.82) is 0 Å². The fourth-order valence-electron chi connectivity index (χ4n) is 1.08. The highest BCUT2D eigenvalue weighted by Crippen LogP contribution is 2.29. The monoisotopic (exact) mass is 312 g/mol. The van der Waals surface area contributed by atoms with Crippen LogP contribution in [0.25, 0.3) is 5.76 Å². The number of benzene rings is 1. The molecule has 0 aliphatic heterocycles. The Hall–Kier alpha value is -0.410. The van der Waals surface area contributed by atoms with Gasteiger partial charge in [-0.15, -0.1) is 0 Å². The summed E-state index contributed by atoms with van der Waals surface area (Å²) in [6.45, 7) is 0. The van der Waals surface area contributed by atoms with Gasteiger partial charge in [0, 0.05) is 16.7 Å². The Kier molecular flexibility index (Phi) is 5.14. The van der Waals surface area contributed by atoms with Crippen LogP contribution in [0, 0.1) is 0 Å². The topological polar surface area (TPSA) is 26.3 Å². The minimum absolute atomic E-state index is 0.304. The van der Waals surface area contributed by atoms with Crippen LogP contribution in [0.4, 0.5) is 0 Å². The van der Waals surface area contributed by atoms with Crippen molar-refractivity contribution in [2.45, 2.75) is 3.79 Å². The zero-order valence-corrected chi connectivity index (χ0v) is 11.7. The van der Waals surface area contributed by atoms with Gasteiger partial charge in [0.1, 0.15) is 5.76 Å². The van der Waals surface area contributed by atoms with Gasteiger partial charge in [-0.1, -0.05) is 46.4 Å². The smallest absolute Gasteiger partial charge is 0.252 e. The lowest BCUT2D eigenvalue weighted by atomic mass is 10.1. The largest absolute Gasteiger partial charge is 0.496 e. The Bertz CT molecular complexity index is 432. The maximum Gasteiger partial charge on any atom is 0.252 e. The van der Waals surface area contributed by atoms with E-state index >= 15 is 0 Å². The molecular weight excluding hydrogens is 306 g/mol. The molecule has 0 N–H and O–H groups in total. The van der Waals surface area contributed by atoms with Crippen LogP contribution in [0.15, 0.2) is 30.3 Å². The molecule has 0 saturated carbocycles. The first-order valence-corrected chi connectivity index (χ1v) is 5.98. The number of ether oxygens (including phenoxy) is 1. The lowest BCUT2D eigenvalue weighted by Gasteiger charge is -2.09. The quantitative estimate of drug-likeness (QED) is 0.473.